The number of nitrogen functional groups attached to an aromatic ring is 1. The van der Waals surface area contributed by atoms with Gasteiger partial charge >= 0.3 is 0 Å². The summed E-state index contributed by atoms with van der Waals surface area (Å²) < 4.78 is 1.62. The molecule has 5 nitrogen and oxygen atoms in total. The van der Waals surface area contributed by atoms with E-state index >= 15 is 0 Å². The second kappa shape index (κ2) is 4.12. The van der Waals surface area contributed by atoms with Gasteiger partial charge in [-0.1, -0.05) is 12.1 Å². The van der Waals surface area contributed by atoms with Crippen molar-refractivity contribution in [1.29, 1.82) is 0 Å². The van der Waals surface area contributed by atoms with Crippen LogP contribution in [-0.4, -0.2) is 22.2 Å². The van der Waals surface area contributed by atoms with Crippen LogP contribution in [0.5, 0.6) is 0 Å². The number of fused-ring (bicyclic) bond motifs is 1. The topological polar surface area (TPSA) is 64.2 Å². The summed E-state index contributed by atoms with van der Waals surface area (Å²) in [4.78, 5) is 14.4. The van der Waals surface area contributed by atoms with Crippen LogP contribution in [0.3, 0.4) is 0 Å². The van der Waals surface area contributed by atoms with Crippen molar-refractivity contribution < 1.29 is 4.79 Å². The first-order valence-electron chi connectivity index (χ1n) is 6.28. The number of carbonyl (C=O) groups excluding carboxylic acids is 1. The van der Waals surface area contributed by atoms with Crippen LogP contribution in [0.4, 0.5) is 11.4 Å². The fourth-order valence-corrected chi connectivity index (χ4v) is 2.64. The van der Waals surface area contributed by atoms with Crippen LogP contribution in [0.2, 0.25) is 0 Å². The van der Waals surface area contributed by atoms with Crippen molar-refractivity contribution in [1.82, 2.24) is 9.78 Å². The second-order valence-electron chi connectivity index (χ2n) is 4.86. The van der Waals surface area contributed by atoms with Gasteiger partial charge in [0.2, 0.25) is 0 Å². The number of nitrogens with two attached hydrogens (primary N) is 1. The van der Waals surface area contributed by atoms with E-state index in [4.69, 9.17) is 5.73 Å². The summed E-state index contributed by atoms with van der Waals surface area (Å²) in [6, 6.07) is 7.59. The lowest BCUT2D eigenvalue weighted by Gasteiger charge is -2.18. The number of amides is 1. The highest BCUT2D eigenvalue weighted by molar-refractivity contribution is 6.08. The second-order valence-corrected chi connectivity index (χ2v) is 4.86. The van der Waals surface area contributed by atoms with Gasteiger partial charge in [0, 0.05) is 13.6 Å². The van der Waals surface area contributed by atoms with E-state index in [1.165, 1.54) is 0 Å². The maximum absolute atomic E-state index is 12.6. The highest BCUT2D eigenvalue weighted by Crippen LogP contribution is 2.34. The Balaban J connectivity index is 2.02. The van der Waals surface area contributed by atoms with Crippen molar-refractivity contribution in [2.75, 3.05) is 17.2 Å². The predicted octanol–water partition coefficient (Wildman–Crippen LogP) is 1.51. The number of para-hydroxylation sites is 1. The van der Waals surface area contributed by atoms with E-state index in [-0.39, 0.29) is 5.91 Å². The molecule has 1 amide bonds. The van der Waals surface area contributed by atoms with Crippen molar-refractivity contribution in [2.45, 2.75) is 13.3 Å². The minimum Gasteiger partial charge on any atom is -0.397 e. The lowest BCUT2D eigenvalue weighted by molar-refractivity contribution is 0.0980. The van der Waals surface area contributed by atoms with Crippen molar-refractivity contribution in [3.63, 3.8) is 0 Å². The summed E-state index contributed by atoms with van der Waals surface area (Å²) in [6.45, 7) is 2.55. The first-order chi connectivity index (χ1) is 9.08. The molecule has 5 heteroatoms. The van der Waals surface area contributed by atoms with Crippen LogP contribution in [0, 0.1) is 6.92 Å². The SMILES string of the molecule is Cc1cc(C(=O)N2CCc3cccc(N)c32)n(C)n1. The molecular weight excluding hydrogens is 240 g/mol. The van der Waals surface area contributed by atoms with E-state index < -0.39 is 0 Å². The molecule has 19 heavy (non-hydrogen) atoms. The number of nitrogens with zero attached hydrogens (tertiary/aromatic N) is 3. The van der Waals surface area contributed by atoms with Gasteiger partial charge < -0.3 is 10.6 Å². The predicted molar refractivity (Wildman–Crippen MR) is 74.2 cm³/mol. The van der Waals surface area contributed by atoms with Crippen LogP contribution in [0.15, 0.2) is 24.3 Å². The molecule has 0 saturated heterocycles. The molecule has 2 aromatic rings. The van der Waals surface area contributed by atoms with E-state index in [0.29, 0.717) is 17.9 Å². The standard InChI is InChI=1S/C14H16N4O/c1-9-8-12(17(2)16-9)14(19)18-7-6-10-4-3-5-11(15)13(10)18/h3-5,8H,6-7,15H2,1-2H3. The van der Waals surface area contributed by atoms with E-state index in [1.54, 1.807) is 22.7 Å². The van der Waals surface area contributed by atoms with Gasteiger partial charge in [-0.15, -0.1) is 0 Å². The molecule has 0 aliphatic carbocycles. The molecule has 0 fully saturated rings. The third-order valence-electron chi connectivity index (χ3n) is 3.49. The minimum absolute atomic E-state index is 0.0419. The number of hydrogen-bond donors (Lipinski definition) is 1. The fourth-order valence-electron chi connectivity index (χ4n) is 2.64. The van der Waals surface area contributed by atoms with E-state index in [0.717, 1.165) is 23.4 Å². The molecular formula is C14H16N4O. The molecule has 2 heterocycles. The van der Waals surface area contributed by atoms with Gasteiger partial charge in [-0.3, -0.25) is 9.48 Å². The van der Waals surface area contributed by atoms with Gasteiger partial charge in [-0.25, -0.2) is 0 Å². The van der Waals surface area contributed by atoms with Gasteiger partial charge in [0.15, 0.2) is 0 Å². The Hall–Kier alpha value is -2.30. The van der Waals surface area contributed by atoms with Crippen LogP contribution in [0.1, 0.15) is 21.7 Å². The summed E-state index contributed by atoms with van der Waals surface area (Å²) in [5, 5.41) is 4.22. The molecule has 0 saturated carbocycles. The molecule has 1 aliphatic heterocycles. The fraction of sp³-hybridized carbons (Fsp3) is 0.286. The highest BCUT2D eigenvalue weighted by Gasteiger charge is 2.28. The smallest absolute Gasteiger partial charge is 0.276 e. The van der Waals surface area contributed by atoms with Crippen molar-refractivity contribution in [3.8, 4) is 0 Å². The summed E-state index contributed by atoms with van der Waals surface area (Å²) in [6.07, 6.45) is 0.850. The number of rotatable bonds is 1. The van der Waals surface area contributed by atoms with Crippen LogP contribution < -0.4 is 10.6 Å². The Bertz CT molecular complexity index is 659. The maximum Gasteiger partial charge on any atom is 0.276 e. The van der Waals surface area contributed by atoms with Gasteiger partial charge in [0.25, 0.3) is 5.91 Å². The lowest BCUT2D eigenvalue weighted by atomic mass is 10.1. The number of aromatic nitrogens is 2. The Kier molecular flexibility index (Phi) is 2.55. The normalized spacial score (nSPS) is 13.7. The van der Waals surface area contributed by atoms with Gasteiger partial charge in [-0.2, -0.15) is 5.10 Å². The molecule has 3 rings (SSSR count). The van der Waals surface area contributed by atoms with Crippen molar-refractivity contribution >= 4 is 17.3 Å². The number of anilines is 2. The average molecular weight is 256 g/mol. The first kappa shape index (κ1) is 11.8. The molecule has 0 bridgehead atoms. The molecule has 1 aliphatic rings. The molecule has 1 aromatic heterocycles. The zero-order valence-corrected chi connectivity index (χ0v) is 11.1. The Labute approximate surface area is 111 Å². The van der Waals surface area contributed by atoms with Crippen LogP contribution >= 0.6 is 0 Å². The van der Waals surface area contributed by atoms with E-state index in [9.17, 15) is 4.79 Å². The molecule has 2 N–H and O–H groups in total. The third kappa shape index (κ3) is 1.78. The average Bonchev–Trinajstić information content (AvgIpc) is 2.93. The first-order valence-corrected chi connectivity index (χ1v) is 6.28. The van der Waals surface area contributed by atoms with Gasteiger partial charge in [0.05, 0.1) is 17.1 Å². The Morgan fingerprint density at radius 2 is 2.21 bits per heavy atom. The monoisotopic (exact) mass is 256 g/mol. The molecule has 98 valence electrons. The van der Waals surface area contributed by atoms with Crippen molar-refractivity contribution in [3.05, 3.63) is 41.2 Å². The number of hydrogen-bond acceptors (Lipinski definition) is 3. The largest absolute Gasteiger partial charge is 0.397 e. The van der Waals surface area contributed by atoms with Gasteiger partial charge in [0.1, 0.15) is 5.69 Å². The quantitative estimate of drug-likeness (QED) is 0.787. The molecule has 1 aromatic carbocycles. The summed E-state index contributed by atoms with van der Waals surface area (Å²) in [5.41, 5.74) is 10.1. The van der Waals surface area contributed by atoms with Crippen LogP contribution in [-0.2, 0) is 13.5 Å². The molecule has 0 unspecified atom stereocenters. The minimum atomic E-state index is -0.0419. The Morgan fingerprint density at radius 3 is 2.89 bits per heavy atom. The zero-order valence-electron chi connectivity index (χ0n) is 11.1. The zero-order chi connectivity index (χ0) is 13.6. The lowest BCUT2D eigenvalue weighted by Crippen LogP contribution is -2.31. The number of aryl methyl sites for hydroxylation is 2. The Morgan fingerprint density at radius 1 is 1.42 bits per heavy atom. The molecule has 0 atom stereocenters. The van der Waals surface area contributed by atoms with Crippen LogP contribution in [0.25, 0.3) is 0 Å². The van der Waals surface area contributed by atoms with Crippen molar-refractivity contribution in [2.24, 2.45) is 7.05 Å². The number of benzene rings is 1. The van der Waals surface area contributed by atoms with E-state index in [2.05, 4.69) is 5.10 Å². The highest BCUT2D eigenvalue weighted by atomic mass is 16.2. The molecule has 0 radical (unpaired) electrons. The summed E-state index contributed by atoms with van der Waals surface area (Å²) >= 11 is 0. The van der Waals surface area contributed by atoms with Gasteiger partial charge in [-0.05, 0) is 31.0 Å². The molecule has 0 spiro atoms. The maximum atomic E-state index is 12.6. The summed E-state index contributed by atoms with van der Waals surface area (Å²) in [5.74, 6) is -0.0419. The van der Waals surface area contributed by atoms with E-state index in [1.807, 2.05) is 25.1 Å². The number of carbonyl (C=O) groups is 1. The third-order valence-corrected chi connectivity index (χ3v) is 3.49. The summed E-state index contributed by atoms with van der Waals surface area (Å²) in [7, 11) is 1.78.